The van der Waals surface area contributed by atoms with Crippen molar-refractivity contribution >= 4 is 5.91 Å². The van der Waals surface area contributed by atoms with Gasteiger partial charge in [-0.25, -0.2) is 0 Å². The first kappa shape index (κ1) is 19.3. The molecule has 1 amide bonds. The highest BCUT2D eigenvalue weighted by Gasteiger charge is 2.32. The Morgan fingerprint density at radius 2 is 1.96 bits per heavy atom. The van der Waals surface area contributed by atoms with Crippen LogP contribution in [-0.2, 0) is 11.3 Å². The van der Waals surface area contributed by atoms with Crippen molar-refractivity contribution in [1.29, 1.82) is 0 Å². The van der Waals surface area contributed by atoms with Gasteiger partial charge in [-0.05, 0) is 63.0 Å². The van der Waals surface area contributed by atoms with Crippen molar-refractivity contribution in [3.05, 3.63) is 30.1 Å². The van der Waals surface area contributed by atoms with Crippen LogP contribution in [0.1, 0.15) is 31.2 Å². The summed E-state index contributed by atoms with van der Waals surface area (Å²) in [6, 6.07) is 4.79. The summed E-state index contributed by atoms with van der Waals surface area (Å²) in [5.41, 5.74) is 1.33. The second kappa shape index (κ2) is 9.44. The zero-order chi connectivity index (χ0) is 18.4. The Balaban J connectivity index is 1.47. The van der Waals surface area contributed by atoms with Crippen molar-refractivity contribution in [2.75, 3.05) is 46.4 Å². The molecule has 144 valence electrons. The molecule has 26 heavy (non-hydrogen) atoms. The number of nitrogens with zero attached hydrogens (tertiary/aromatic N) is 4. The third-order valence-electron chi connectivity index (χ3n) is 5.84. The van der Waals surface area contributed by atoms with E-state index in [4.69, 9.17) is 5.11 Å². The van der Waals surface area contributed by atoms with Gasteiger partial charge in [-0.1, -0.05) is 0 Å². The average Bonchev–Trinajstić information content (AvgIpc) is 2.69. The minimum absolute atomic E-state index is 0.0363. The molecule has 2 fully saturated rings. The normalized spacial score (nSPS) is 23.1. The van der Waals surface area contributed by atoms with Crippen molar-refractivity contribution in [1.82, 2.24) is 19.7 Å². The van der Waals surface area contributed by atoms with E-state index in [9.17, 15) is 4.79 Å². The quantitative estimate of drug-likeness (QED) is 0.826. The van der Waals surface area contributed by atoms with Crippen molar-refractivity contribution < 1.29 is 9.90 Å². The topological polar surface area (TPSA) is 59.9 Å². The summed E-state index contributed by atoms with van der Waals surface area (Å²) in [5, 5.41) is 9.06. The fourth-order valence-electron chi connectivity index (χ4n) is 4.30. The minimum Gasteiger partial charge on any atom is -0.395 e. The Morgan fingerprint density at radius 1 is 1.23 bits per heavy atom. The number of aliphatic hydroxyl groups is 1. The molecule has 1 aromatic rings. The monoisotopic (exact) mass is 360 g/mol. The Kier molecular flexibility index (Phi) is 7.00. The number of pyridine rings is 1. The van der Waals surface area contributed by atoms with Crippen LogP contribution in [0.4, 0.5) is 0 Å². The van der Waals surface area contributed by atoms with E-state index in [0.29, 0.717) is 12.6 Å². The molecule has 6 heteroatoms. The molecule has 2 saturated heterocycles. The van der Waals surface area contributed by atoms with Gasteiger partial charge in [0, 0.05) is 45.1 Å². The zero-order valence-electron chi connectivity index (χ0n) is 15.9. The maximum Gasteiger partial charge on any atom is 0.226 e. The van der Waals surface area contributed by atoms with Crippen LogP contribution < -0.4 is 0 Å². The average molecular weight is 361 g/mol. The SMILES string of the molecule is CN(CCO)C(=O)[C@H]1CCCN(C2CCN(Cc3ccncc3)CC2)C1. The number of rotatable bonds is 6. The van der Waals surface area contributed by atoms with Crippen LogP contribution in [0.2, 0.25) is 0 Å². The largest absolute Gasteiger partial charge is 0.395 e. The fourth-order valence-corrected chi connectivity index (χ4v) is 4.30. The molecule has 0 saturated carbocycles. The smallest absolute Gasteiger partial charge is 0.226 e. The van der Waals surface area contributed by atoms with E-state index in [1.807, 2.05) is 12.4 Å². The van der Waals surface area contributed by atoms with Crippen molar-refractivity contribution in [3.63, 3.8) is 0 Å². The number of aromatic nitrogens is 1. The van der Waals surface area contributed by atoms with Crippen LogP contribution in [0, 0.1) is 5.92 Å². The second-order valence-electron chi connectivity index (χ2n) is 7.68. The molecule has 0 bridgehead atoms. The lowest BCUT2D eigenvalue weighted by Gasteiger charge is -2.42. The molecule has 1 aromatic heterocycles. The van der Waals surface area contributed by atoms with Crippen LogP contribution in [0.3, 0.4) is 0 Å². The van der Waals surface area contributed by atoms with E-state index >= 15 is 0 Å². The first-order valence-corrected chi connectivity index (χ1v) is 9.88. The van der Waals surface area contributed by atoms with E-state index in [1.165, 1.54) is 18.4 Å². The van der Waals surface area contributed by atoms with Crippen molar-refractivity contribution in [2.45, 2.75) is 38.3 Å². The van der Waals surface area contributed by atoms with Gasteiger partial charge in [0.25, 0.3) is 0 Å². The van der Waals surface area contributed by atoms with Gasteiger partial charge in [-0.2, -0.15) is 0 Å². The van der Waals surface area contributed by atoms with Crippen molar-refractivity contribution in [3.8, 4) is 0 Å². The number of aliphatic hydroxyl groups excluding tert-OH is 1. The van der Waals surface area contributed by atoms with Gasteiger partial charge in [0.2, 0.25) is 5.91 Å². The number of hydrogen-bond donors (Lipinski definition) is 1. The standard InChI is InChI=1S/C20H32N4O2/c1-22(13-14-25)20(26)18-3-2-10-24(16-18)19-6-11-23(12-7-19)15-17-4-8-21-9-5-17/h4-5,8-9,18-19,25H,2-3,6-7,10-16H2,1H3/t18-/m0/s1. The molecule has 1 N–H and O–H groups in total. The molecular formula is C20H32N4O2. The van der Waals surface area contributed by atoms with Gasteiger partial charge in [0.1, 0.15) is 0 Å². The highest BCUT2D eigenvalue weighted by Crippen LogP contribution is 2.25. The summed E-state index contributed by atoms with van der Waals surface area (Å²) in [5.74, 6) is 0.286. The lowest BCUT2D eigenvalue weighted by molar-refractivity contribution is -0.137. The van der Waals surface area contributed by atoms with Crippen LogP contribution >= 0.6 is 0 Å². The van der Waals surface area contributed by atoms with E-state index in [0.717, 1.165) is 45.6 Å². The maximum atomic E-state index is 12.5. The first-order valence-electron chi connectivity index (χ1n) is 9.88. The number of amides is 1. The van der Waals surface area contributed by atoms with Gasteiger partial charge >= 0.3 is 0 Å². The summed E-state index contributed by atoms with van der Waals surface area (Å²) in [7, 11) is 1.80. The Bertz CT molecular complexity index is 560. The summed E-state index contributed by atoms with van der Waals surface area (Å²) < 4.78 is 0. The minimum atomic E-state index is 0.0363. The second-order valence-corrected chi connectivity index (χ2v) is 7.68. The Morgan fingerprint density at radius 3 is 2.65 bits per heavy atom. The molecule has 3 heterocycles. The summed E-state index contributed by atoms with van der Waals surface area (Å²) >= 11 is 0. The van der Waals surface area contributed by atoms with Crippen LogP contribution in [-0.4, -0.2) is 83.1 Å². The lowest BCUT2D eigenvalue weighted by atomic mass is 9.93. The highest BCUT2D eigenvalue weighted by molar-refractivity contribution is 5.78. The summed E-state index contributed by atoms with van der Waals surface area (Å²) in [4.78, 5) is 23.4. The number of likely N-dealkylation sites (tertiary alicyclic amines) is 2. The third kappa shape index (κ3) is 5.02. The van der Waals surface area contributed by atoms with Gasteiger partial charge < -0.3 is 10.0 Å². The predicted molar refractivity (Wildman–Crippen MR) is 102 cm³/mol. The number of carbonyl (C=O) groups is 1. The first-order chi connectivity index (χ1) is 12.7. The van der Waals surface area contributed by atoms with E-state index in [1.54, 1.807) is 11.9 Å². The molecule has 0 aliphatic carbocycles. The molecule has 0 spiro atoms. The van der Waals surface area contributed by atoms with Gasteiger partial charge in [0.05, 0.1) is 12.5 Å². The van der Waals surface area contributed by atoms with Gasteiger partial charge in [-0.15, -0.1) is 0 Å². The number of likely N-dealkylation sites (N-methyl/N-ethyl adjacent to an activating group) is 1. The number of carbonyl (C=O) groups excluding carboxylic acids is 1. The zero-order valence-corrected chi connectivity index (χ0v) is 15.9. The lowest BCUT2D eigenvalue weighted by Crippen LogP contribution is -2.51. The van der Waals surface area contributed by atoms with Gasteiger partial charge in [-0.3, -0.25) is 19.6 Å². The highest BCUT2D eigenvalue weighted by atomic mass is 16.3. The maximum absolute atomic E-state index is 12.5. The van der Waals surface area contributed by atoms with Crippen molar-refractivity contribution in [2.24, 2.45) is 5.92 Å². The van der Waals surface area contributed by atoms with E-state index < -0.39 is 0 Å². The molecule has 2 aliphatic rings. The van der Waals surface area contributed by atoms with Crippen LogP contribution in [0.15, 0.2) is 24.5 Å². The van der Waals surface area contributed by atoms with Crippen LogP contribution in [0.5, 0.6) is 0 Å². The molecular weight excluding hydrogens is 328 g/mol. The Labute approximate surface area is 156 Å². The van der Waals surface area contributed by atoms with E-state index in [2.05, 4.69) is 26.9 Å². The van der Waals surface area contributed by atoms with Crippen LogP contribution in [0.25, 0.3) is 0 Å². The van der Waals surface area contributed by atoms with E-state index in [-0.39, 0.29) is 18.4 Å². The molecule has 1 atom stereocenters. The molecule has 0 radical (unpaired) electrons. The molecule has 3 rings (SSSR count). The molecule has 0 unspecified atom stereocenters. The summed E-state index contributed by atoms with van der Waals surface area (Å²) in [6.07, 6.45) is 8.16. The van der Waals surface area contributed by atoms with Gasteiger partial charge in [0.15, 0.2) is 0 Å². The molecule has 0 aromatic carbocycles. The summed E-state index contributed by atoms with van der Waals surface area (Å²) in [6.45, 7) is 5.70. The molecule has 2 aliphatic heterocycles. The molecule has 6 nitrogen and oxygen atoms in total. The predicted octanol–water partition coefficient (Wildman–Crippen LogP) is 1.21. The third-order valence-corrected chi connectivity index (χ3v) is 5.84. The fraction of sp³-hybridized carbons (Fsp3) is 0.700. The Hall–Kier alpha value is -1.50. The number of hydrogen-bond acceptors (Lipinski definition) is 5. The number of piperidine rings is 2.